The zero-order valence-electron chi connectivity index (χ0n) is 13.0. The van der Waals surface area contributed by atoms with Crippen LogP contribution in [0.3, 0.4) is 0 Å². The molecule has 0 aliphatic heterocycles. The maximum absolute atomic E-state index is 12.6. The number of ether oxygens (including phenoxy) is 1. The molecule has 1 aromatic carbocycles. The van der Waals surface area contributed by atoms with Crippen LogP contribution in [0.1, 0.15) is 30.1 Å². The zero-order valence-corrected chi connectivity index (χ0v) is 13.0. The Balaban J connectivity index is 1.84. The highest BCUT2D eigenvalue weighted by Gasteiger charge is 2.36. The molecular weight excluding hydrogens is 280 g/mol. The monoisotopic (exact) mass is 302 g/mol. The van der Waals surface area contributed by atoms with Gasteiger partial charge in [0.05, 0.1) is 17.7 Å². The minimum Gasteiger partial charge on any atom is -0.388 e. The number of para-hydroxylation sites is 1. The topological polar surface area (TPSA) is 63.5 Å². The molecule has 5 heteroatoms. The predicted octanol–water partition coefficient (Wildman–Crippen LogP) is 1.93. The second-order valence-electron chi connectivity index (χ2n) is 5.77. The lowest BCUT2D eigenvalue weighted by atomic mass is 10.1. The quantitative estimate of drug-likeness (QED) is 0.907. The Morgan fingerprint density at radius 1 is 1.41 bits per heavy atom. The molecule has 0 radical (unpaired) electrons. The van der Waals surface area contributed by atoms with Crippen LogP contribution >= 0.6 is 0 Å². The summed E-state index contributed by atoms with van der Waals surface area (Å²) in [5.74, 6) is -0.135. The van der Waals surface area contributed by atoms with Crippen molar-refractivity contribution < 1.29 is 14.6 Å². The van der Waals surface area contributed by atoms with Gasteiger partial charge in [0.25, 0.3) is 5.91 Å². The van der Waals surface area contributed by atoms with Crippen molar-refractivity contribution in [1.82, 2.24) is 9.88 Å². The van der Waals surface area contributed by atoms with E-state index in [0.29, 0.717) is 5.56 Å². The average Bonchev–Trinajstić information content (AvgIpc) is 3.08. The molecule has 0 bridgehead atoms. The molecule has 1 aliphatic rings. The first-order valence-corrected chi connectivity index (χ1v) is 7.75. The van der Waals surface area contributed by atoms with Crippen LogP contribution in [0.5, 0.6) is 0 Å². The largest absolute Gasteiger partial charge is 0.388 e. The molecule has 1 heterocycles. The van der Waals surface area contributed by atoms with Crippen LogP contribution in [0, 0.1) is 0 Å². The summed E-state index contributed by atoms with van der Waals surface area (Å²) in [7, 11) is 1.59. The second kappa shape index (κ2) is 6.10. The van der Waals surface area contributed by atoms with Gasteiger partial charge in [0, 0.05) is 30.8 Å². The highest BCUT2D eigenvalue weighted by Crippen LogP contribution is 2.25. The van der Waals surface area contributed by atoms with E-state index in [1.807, 2.05) is 30.5 Å². The van der Waals surface area contributed by atoms with Crippen LogP contribution in [-0.4, -0.2) is 40.9 Å². The molecule has 1 aromatic heterocycles. The highest BCUT2D eigenvalue weighted by molar-refractivity contribution is 6.07. The van der Waals surface area contributed by atoms with Gasteiger partial charge in [-0.3, -0.25) is 4.79 Å². The summed E-state index contributed by atoms with van der Waals surface area (Å²) in [6, 6.07) is 7.63. The standard InChI is InChI=1S/C17H22N2O3/c1-3-19-10-12(11-6-4-5-7-14(11)19)17(21)18-13-8-9-15(22-2)16(13)20/h4-7,10,13,15-16,20H,3,8-9H2,1-2H3,(H,18,21)/t13-,15-,16-/m1/s1. The van der Waals surface area contributed by atoms with Gasteiger partial charge in [-0.1, -0.05) is 18.2 Å². The molecular formula is C17H22N2O3. The van der Waals surface area contributed by atoms with Crippen molar-refractivity contribution in [3.8, 4) is 0 Å². The number of methoxy groups -OCH3 is 1. The number of nitrogens with zero attached hydrogens (tertiary/aromatic N) is 1. The van der Waals surface area contributed by atoms with E-state index in [1.165, 1.54) is 0 Å². The number of aryl methyl sites for hydroxylation is 1. The van der Waals surface area contributed by atoms with E-state index in [2.05, 4.69) is 16.8 Å². The molecule has 1 amide bonds. The number of aromatic nitrogens is 1. The molecule has 0 unspecified atom stereocenters. The number of hydrogen-bond donors (Lipinski definition) is 2. The Morgan fingerprint density at radius 2 is 2.18 bits per heavy atom. The summed E-state index contributed by atoms with van der Waals surface area (Å²) in [6.45, 7) is 2.86. The van der Waals surface area contributed by atoms with Gasteiger partial charge in [0.15, 0.2) is 0 Å². The molecule has 2 aromatic rings. The van der Waals surface area contributed by atoms with Crippen LogP contribution < -0.4 is 5.32 Å². The lowest BCUT2D eigenvalue weighted by molar-refractivity contribution is 0.000216. The number of amides is 1. The van der Waals surface area contributed by atoms with Gasteiger partial charge in [-0.25, -0.2) is 0 Å². The first-order chi connectivity index (χ1) is 10.7. The number of benzene rings is 1. The van der Waals surface area contributed by atoms with E-state index >= 15 is 0 Å². The van der Waals surface area contributed by atoms with Gasteiger partial charge in [-0.05, 0) is 25.8 Å². The van der Waals surface area contributed by atoms with Crippen molar-refractivity contribution in [3.63, 3.8) is 0 Å². The third kappa shape index (κ3) is 2.51. The Hall–Kier alpha value is -1.85. The summed E-state index contributed by atoms with van der Waals surface area (Å²) >= 11 is 0. The van der Waals surface area contributed by atoms with E-state index in [1.54, 1.807) is 7.11 Å². The van der Waals surface area contributed by atoms with E-state index in [4.69, 9.17) is 4.74 Å². The smallest absolute Gasteiger partial charge is 0.253 e. The van der Waals surface area contributed by atoms with Gasteiger partial charge < -0.3 is 19.7 Å². The van der Waals surface area contributed by atoms with Crippen molar-refractivity contribution in [1.29, 1.82) is 0 Å². The summed E-state index contributed by atoms with van der Waals surface area (Å²) in [5, 5.41) is 14.1. The van der Waals surface area contributed by atoms with Gasteiger partial charge in [0.2, 0.25) is 0 Å². The number of aliphatic hydroxyl groups excluding tert-OH is 1. The number of carbonyl (C=O) groups excluding carboxylic acids is 1. The van der Waals surface area contributed by atoms with Gasteiger partial charge in [0.1, 0.15) is 6.10 Å². The molecule has 2 N–H and O–H groups in total. The van der Waals surface area contributed by atoms with E-state index in [-0.39, 0.29) is 18.1 Å². The Kier molecular flexibility index (Phi) is 4.18. The van der Waals surface area contributed by atoms with Crippen molar-refractivity contribution >= 4 is 16.8 Å². The van der Waals surface area contributed by atoms with Crippen LogP contribution in [0.15, 0.2) is 30.5 Å². The highest BCUT2D eigenvalue weighted by atomic mass is 16.5. The van der Waals surface area contributed by atoms with Crippen molar-refractivity contribution in [2.24, 2.45) is 0 Å². The minimum atomic E-state index is -0.645. The van der Waals surface area contributed by atoms with Crippen LogP contribution in [0.2, 0.25) is 0 Å². The Morgan fingerprint density at radius 3 is 2.86 bits per heavy atom. The predicted molar refractivity (Wildman–Crippen MR) is 84.9 cm³/mol. The molecule has 1 aliphatic carbocycles. The maximum Gasteiger partial charge on any atom is 0.253 e. The van der Waals surface area contributed by atoms with E-state index < -0.39 is 6.10 Å². The fraction of sp³-hybridized carbons (Fsp3) is 0.471. The number of rotatable bonds is 4. The molecule has 3 rings (SSSR count). The van der Waals surface area contributed by atoms with Crippen LogP contribution in [0.25, 0.3) is 10.9 Å². The number of hydrogen-bond acceptors (Lipinski definition) is 3. The fourth-order valence-electron chi connectivity index (χ4n) is 3.29. The molecule has 1 fully saturated rings. The molecule has 118 valence electrons. The molecule has 0 saturated heterocycles. The summed E-state index contributed by atoms with van der Waals surface area (Å²) < 4.78 is 7.29. The van der Waals surface area contributed by atoms with Crippen molar-refractivity contribution in [2.45, 2.75) is 44.6 Å². The van der Waals surface area contributed by atoms with Gasteiger partial charge in [-0.15, -0.1) is 0 Å². The molecule has 3 atom stereocenters. The SMILES string of the molecule is CCn1cc(C(=O)N[C@@H]2CC[C@@H](OC)[C@@H]2O)c2ccccc21. The first-order valence-electron chi connectivity index (χ1n) is 7.75. The number of carbonyl (C=O) groups is 1. The maximum atomic E-state index is 12.6. The van der Waals surface area contributed by atoms with Crippen LogP contribution in [-0.2, 0) is 11.3 Å². The van der Waals surface area contributed by atoms with E-state index in [9.17, 15) is 9.90 Å². The lowest BCUT2D eigenvalue weighted by Gasteiger charge is -2.19. The Labute approximate surface area is 129 Å². The second-order valence-corrected chi connectivity index (χ2v) is 5.77. The van der Waals surface area contributed by atoms with E-state index in [0.717, 1.165) is 30.3 Å². The lowest BCUT2D eigenvalue weighted by Crippen LogP contribution is -2.43. The number of nitrogens with one attached hydrogen (secondary N) is 1. The normalized spacial score (nSPS) is 24.8. The molecule has 5 nitrogen and oxygen atoms in total. The van der Waals surface area contributed by atoms with Crippen molar-refractivity contribution in [3.05, 3.63) is 36.0 Å². The number of aliphatic hydroxyl groups is 1. The summed E-state index contributed by atoms with van der Waals surface area (Å²) in [4.78, 5) is 12.6. The summed E-state index contributed by atoms with van der Waals surface area (Å²) in [6.07, 6.45) is 2.54. The molecule has 22 heavy (non-hydrogen) atoms. The third-order valence-electron chi connectivity index (χ3n) is 4.55. The molecule has 0 spiro atoms. The first kappa shape index (κ1) is 15.1. The average molecular weight is 302 g/mol. The molecule has 1 saturated carbocycles. The zero-order chi connectivity index (χ0) is 15.7. The van der Waals surface area contributed by atoms with Crippen LogP contribution in [0.4, 0.5) is 0 Å². The third-order valence-corrected chi connectivity index (χ3v) is 4.55. The number of fused-ring (bicyclic) bond motifs is 1. The van der Waals surface area contributed by atoms with Gasteiger partial charge in [-0.2, -0.15) is 0 Å². The Bertz CT molecular complexity index is 680. The minimum absolute atomic E-state index is 0.135. The summed E-state index contributed by atoms with van der Waals surface area (Å²) in [5.41, 5.74) is 1.71. The van der Waals surface area contributed by atoms with Gasteiger partial charge >= 0.3 is 0 Å². The van der Waals surface area contributed by atoms with Crippen molar-refractivity contribution in [2.75, 3.05) is 7.11 Å². The fourth-order valence-corrected chi connectivity index (χ4v) is 3.29.